The molecule has 27 heavy (non-hydrogen) atoms. The number of imide groups is 1. The number of rotatable bonds is 7. The molecule has 3 amide bonds. The van der Waals surface area contributed by atoms with Crippen molar-refractivity contribution >= 4 is 11.9 Å². The Morgan fingerprint density at radius 2 is 1.70 bits per heavy atom. The van der Waals surface area contributed by atoms with Crippen molar-refractivity contribution < 1.29 is 19.4 Å². The quantitative estimate of drug-likeness (QED) is 0.578. The molecular weight excluding hydrogens is 340 g/mol. The summed E-state index contributed by atoms with van der Waals surface area (Å²) in [5.41, 5.74) is 2.77. The third-order valence-corrected chi connectivity index (χ3v) is 5.83. The molecule has 148 valence electrons. The molecule has 2 fully saturated rings. The SMILES string of the molecule is CCC[C@@H]1NC(=O)N(C[NH+]2CC[NH+](Cc3ccc(C(C)C)cc3)CC2)C1=O. The van der Waals surface area contributed by atoms with Crippen molar-refractivity contribution in [2.75, 3.05) is 32.8 Å². The second-order valence-electron chi connectivity index (χ2n) is 8.29. The number of amides is 3. The summed E-state index contributed by atoms with van der Waals surface area (Å²) in [5, 5.41) is 2.82. The van der Waals surface area contributed by atoms with Crippen LogP contribution < -0.4 is 15.1 Å². The molecule has 0 aromatic heterocycles. The van der Waals surface area contributed by atoms with E-state index in [1.54, 1.807) is 4.90 Å². The summed E-state index contributed by atoms with van der Waals surface area (Å²) < 4.78 is 0. The van der Waals surface area contributed by atoms with E-state index in [1.165, 1.54) is 20.9 Å². The highest BCUT2D eigenvalue weighted by Gasteiger charge is 2.40. The maximum Gasteiger partial charge on any atom is 0.329 e. The van der Waals surface area contributed by atoms with Gasteiger partial charge in [0.1, 0.15) is 38.8 Å². The van der Waals surface area contributed by atoms with E-state index in [-0.39, 0.29) is 18.0 Å². The van der Waals surface area contributed by atoms with Crippen LogP contribution >= 0.6 is 0 Å². The Morgan fingerprint density at radius 3 is 2.30 bits per heavy atom. The Kier molecular flexibility index (Phi) is 6.50. The molecule has 0 radical (unpaired) electrons. The minimum Gasteiger partial charge on any atom is -0.326 e. The molecule has 1 atom stereocenters. The Morgan fingerprint density at radius 1 is 1.07 bits per heavy atom. The van der Waals surface area contributed by atoms with Crippen LogP contribution in [0.5, 0.6) is 0 Å². The summed E-state index contributed by atoms with van der Waals surface area (Å²) in [6.45, 7) is 12.2. The fourth-order valence-corrected chi connectivity index (χ4v) is 4.04. The van der Waals surface area contributed by atoms with E-state index in [1.807, 2.05) is 6.92 Å². The Balaban J connectivity index is 1.46. The zero-order valence-electron chi connectivity index (χ0n) is 16.9. The zero-order chi connectivity index (χ0) is 19.4. The molecule has 0 saturated carbocycles. The van der Waals surface area contributed by atoms with Crippen LogP contribution in [0.2, 0.25) is 0 Å². The smallest absolute Gasteiger partial charge is 0.326 e. The zero-order valence-corrected chi connectivity index (χ0v) is 16.9. The van der Waals surface area contributed by atoms with Crippen molar-refractivity contribution in [3.8, 4) is 0 Å². The van der Waals surface area contributed by atoms with Gasteiger partial charge >= 0.3 is 6.03 Å². The van der Waals surface area contributed by atoms with Crippen LogP contribution in [0.3, 0.4) is 0 Å². The number of hydrogen-bond acceptors (Lipinski definition) is 2. The van der Waals surface area contributed by atoms with Crippen LogP contribution in [-0.4, -0.2) is 55.7 Å². The predicted molar refractivity (Wildman–Crippen MR) is 105 cm³/mol. The molecule has 0 unspecified atom stereocenters. The van der Waals surface area contributed by atoms with E-state index in [4.69, 9.17) is 0 Å². The highest BCUT2D eigenvalue weighted by molar-refractivity contribution is 6.03. The lowest BCUT2D eigenvalue weighted by atomic mass is 10.0. The molecule has 1 aromatic carbocycles. The maximum atomic E-state index is 12.4. The highest BCUT2D eigenvalue weighted by Crippen LogP contribution is 2.14. The van der Waals surface area contributed by atoms with Gasteiger partial charge in [-0.1, -0.05) is 51.5 Å². The van der Waals surface area contributed by atoms with Crippen molar-refractivity contribution in [1.82, 2.24) is 10.2 Å². The van der Waals surface area contributed by atoms with Crippen LogP contribution in [0.1, 0.15) is 50.7 Å². The molecule has 3 rings (SSSR count). The molecule has 6 heteroatoms. The van der Waals surface area contributed by atoms with E-state index < -0.39 is 0 Å². The number of carbonyl (C=O) groups excluding carboxylic acids is 2. The van der Waals surface area contributed by atoms with E-state index >= 15 is 0 Å². The summed E-state index contributed by atoms with van der Waals surface area (Å²) in [6, 6.07) is 8.45. The fraction of sp³-hybridized carbons (Fsp3) is 0.619. The van der Waals surface area contributed by atoms with Gasteiger partial charge in [-0.05, 0) is 17.9 Å². The van der Waals surface area contributed by atoms with E-state index in [0.717, 1.165) is 45.6 Å². The molecule has 2 aliphatic heterocycles. The van der Waals surface area contributed by atoms with Gasteiger partial charge in [-0.15, -0.1) is 0 Å². The van der Waals surface area contributed by atoms with Gasteiger partial charge in [-0.25, -0.2) is 9.69 Å². The second-order valence-corrected chi connectivity index (χ2v) is 8.29. The average molecular weight is 375 g/mol. The van der Waals surface area contributed by atoms with Crippen LogP contribution in [-0.2, 0) is 11.3 Å². The van der Waals surface area contributed by atoms with Gasteiger partial charge in [-0.3, -0.25) is 4.79 Å². The molecule has 0 bridgehead atoms. The molecular formula is C21H34N4O2+2. The molecule has 6 nitrogen and oxygen atoms in total. The number of carbonyl (C=O) groups is 2. The number of urea groups is 1. The molecule has 0 aliphatic carbocycles. The lowest BCUT2D eigenvalue weighted by molar-refractivity contribution is -1.02. The van der Waals surface area contributed by atoms with E-state index in [0.29, 0.717) is 12.6 Å². The van der Waals surface area contributed by atoms with Gasteiger partial charge in [0.05, 0.1) is 0 Å². The Labute approximate surface area is 162 Å². The predicted octanol–water partition coefficient (Wildman–Crippen LogP) is -0.229. The summed E-state index contributed by atoms with van der Waals surface area (Å²) in [5.74, 6) is 0.523. The summed E-state index contributed by atoms with van der Waals surface area (Å²) >= 11 is 0. The number of nitrogens with zero attached hydrogens (tertiary/aromatic N) is 1. The molecule has 2 heterocycles. The third kappa shape index (κ3) is 4.87. The van der Waals surface area contributed by atoms with Crippen molar-refractivity contribution in [3.63, 3.8) is 0 Å². The third-order valence-electron chi connectivity index (χ3n) is 5.83. The van der Waals surface area contributed by atoms with Crippen LogP contribution in [0, 0.1) is 0 Å². The highest BCUT2D eigenvalue weighted by atomic mass is 16.2. The van der Waals surface area contributed by atoms with E-state index in [2.05, 4.69) is 43.4 Å². The van der Waals surface area contributed by atoms with Crippen LogP contribution in [0.15, 0.2) is 24.3 Å². The molecule has 2 saturated heterocycles. The topological polar surface area (TPSA) is 58.3 Å². The minimum atomic E-state index is -0.317. The maximum absolute atomic E-state index is 12.4. The second kappa shape index (κ2) is 8.85. The normalized spacial score (nSPS) is 25.9. The lowest BCUT2D eigenvalue weighted by Gasteiger charge is -2.31. The van der Waals surface area contributed by atoms with Gasteiger partial charge in [0, 0.05) is 5.56 Å². The van der Waals surface area contributed by atoms with Gasteiger partial charge in [0.25, 0.3) is 5.91 Å². The molecule has 2 aliphatic rings. The lowest BCUT2D eigenvalue weighted by Crippen LogP contribution is -3.28. The first-order valence-electron chi connectivity index (χ1n) is 10.4. The summed E-state index contributed by atoms with van der Waals surface area (Å²) in [4.78, 5) is 28.8. The monoisotopic (exact) mass is 374 g/mol. The van der Waals surface area contributed by atoms with Crippen molar-refractivity contribution in [2.24, 2.45) is 0 Å². The largest absolute Gasteiger partial charge is 0.329 e. The minimum absolute atomic E-state index is 0.0469. The average Bonchev–Trinajstić information content (AvgIpc) is 2.91. The van der Waals surface area contributed by atoms with Crippen LogP contribution in [0.25, 0.3) is 0 Å². The van der Waals surface area contributed by atoms with E-state index in [9.17, 15) is 9.59 Å². The first kappa shape index (κ1) is 19.8. The van der Waals surface area contributed by atoms with Crippen LogP contribution in [0.4, 0.5) is 4.79 Å². The van der Waals surface area contributed by atoms with Gasteiger partial charge in [-0.2, -0.15) is 0 Å². The van der Waals surface area contributed by atoms with Crippen molar-refractivity contribution in [2.45, 2.75) is 52.1 Å². The van der Waals surface area contributed by atoms with Gasteiger partial charge in [0.2, 0.25) is 0 Å². The fourth-order valence-electron chi connectivity index (χ4n) is 4.04. The number of nitrogens with one attached hydrogen (secondary N) is 3. The van der Waals surface area contributed by atoms with Crippen molar-refractivity contribution in [1.29, 1.82) is 0 Å². The Hall–Kier alpha value is -1.92. The number of quaternary nitrogens is 2. The number of hydrogen-bond donors (Lipinski definition) is 3. The standard InChI is InChI=1S/C21H32N4O2/c1-4-5-19-20(26)25(21(27)22-19)15-24-12-10-23(11-13-24)14-17-6-8-18(9-7-17)16(2)3/h6-9,16,19H,4-5,10-15H2,1-3H3,(H,22,27)/p+2/t19-/m0/s1. The Bertz CT molecular complexity index is 651. The number of piperazine rings is 1. The number of benzene rings is 1. The summed E-state index contributed by atoms with van der Waals surface area (Å²) in [6.07, 6.45) is 1.63. The first-order valence-corrected chi connectivity index (χ1v) is 10.4. The molecule has 3 N–H and O–H groups in total. The molecule has 1 aromatic rings. The molecule has 0 spiro atoms. The first-order chi connectivity index (χ1) is 13.0. The van der Waals surface area contributed by atoms with Gasteiger partial charge < -0.3 is 15.1 Å². The summed E-state index contributed by atoms with van der Waals surface area (Å²) in [7, 11) is 0. The van der Waals surface area contributed by atoms with Crippen molar-refractivity contribution in [3.05, 3.63) is 35.4 Å². The van der Waals surface area contributed by atoms with Gasteiger partial charge in [0.15, 0.2) is 6.67 Å².